The lowest BCUT2D eigenvalue weighted by molar-refractivity contribution is 0.0496. The van der Waals surface area contributed by atoms with Gasteiger partial charge in [0, 0.05) is 24.7 Å². The SMILES string of the molecule is CC(C)(C)OC(=O)NC1CN(c2ccc3ncnc(Nc4ccc5cnsc5c4F)c3n2)C1. The minimum absolute atomic E-state index is 0.0257. The number of rotatable bonds is 4. The highest BCUT2D eigenvalue weighted by Crippen LogP contribution is 2.31. The lowest BCUT2D eigenvalue weighted by Gasteiger charge is -2.40. The number of anilines is 3. The third-order valence-corrected chi connectivity index (χ3v) is 5.92. The molecule has 1 aromatic carbocycles. The van der Waals surface area contributed by atoms with Gasteiger partial charge in [-0.3, -0.25) is 0 Å². The Labute approximate surface area is 193 Å². The zero-order valence-electron chi connectivity index (χ0n) is 18.3. The van der Waals surface area contributed by atoms with Crippen molar-refractivity contribution in [1.29, 1.82) is 0 Å². The highest BCUT2D eigenvalue weighted by atomic mass is 32.1. The van der Waals surface area contributed by atoms with Crippen LogP contribution in [-0.4, -0.2) is 50.2 Å². The van der Waals surface area contributed by atoms with E-state index >= 15 is 0 Å². The van der Waals surface area contributed by atoms with Gasteiger partial charge in [-0.05, 0) is 56.6 Å². The van der Waals surface area contributed by atoms with Gasteiger partial charge in [-0.2, -0.15) is 4.37 Å². The van der Waals surface area contributed by atoms with Gasteiger partial charge in [0.2, 0.25) is 0 Å². The number of ether oxygens (including phenoxy) is 1. The lowest BCUT2D eigenvalue weighted by atomic mass is 10.1. The summed E-state index contributed by atoms with van der Waals surface area (Å²) in [6.07, 6.45) is 2.62. The maximum Gasteiger partial charge on any atom is 0.407 e. The molecular formula is C22H22FN7O2S. The maximum atomic E-state index is 14.9. The van der Waals surface area contributed by atoms with Crippen LogP contribution >= 0.6 is 11.5 Å². The van der Waals surface area contributed by atoms with Crippen LogP contribution < -0.4 is 15.5 Å². The van der Waals surface area contributed by atoms with Crippen molar-refractivity contribution in [3.8, 4) is 0 Å². The standard InChI is InChI=1S/C22H22FN7O2S/c1-22(2,3)32-21(31)27-13-9-30(10-13)16-7-6-15-18(29-16)20(25-11-24-15)28-14-5-4-12-8-26-33-19(12)17(14)23/h4-8,11,13H,9-10H2,1-3H3,(H,27,31)(H,24,25,28). The Morgan fingerprint density at radius 2 is 2.03 bits per heavy atom. The summed E-state index contributed by atoms with van der Waals surface area (Å²) >= 11 is 1.11. The van der Waals surface area contributed by atoms with Crippen LogP contribution in [0.15, 0.2) is 36.8 Å². The first kappa shape index (κ1) is 21.3. The molecule has 3 aromatic heterocycles. The van der Waals surface area contributed by atoms with E-state index in [0.717, 1.165) is 22.7 Å². The molecule has 5 rings (SSSR count). The molecule has 0 atom stereocenters. The number of halogens is 1. The van der Waals surface area contributed by atoms with Crippen molar-refractivity contribution in [3.05, 3.63) is 42.6 Å². The highest BCUT2D eigenvalue weighted by molar-refractivity contribution is 7.13. The molecule has 1 saturated heterocycles. The van der Waals surface area contributed by atoms with Crippen molar-refractivity contribution in [2.24, 2.45) is 0 Å². The van der Waals surface area contributed by atoms with Gasteiger partial charge in [0.05, 0.1) is 21.9 Å². The number of hydrogen-bond acceptors (Lipinski definition) is 9. The van der Waals surface area contributed by atoms with Gasteiger partial charge < -0.3 is 20.3 Å². The Morgan fingerprint density at radius 3 is 2.82 bits per heavy atom. The van der Waals surface area contributed by atoms with E-state index in [1.165, 1.54) is 6.33 Å². The van der Waals surface area contributed by atoms with Crippen LogP contribution in [0.25, 0.3) is 21.1 Å². The Hall–Kier alpha value is -3.60. The first-order valence-electron chi connectivity index (χ1n) is 10.4. The van der Waals surface area contributed by atoms with Crippen molar-refractivity contribution >= 4 is 56.1 Å². The van der Waals surface area contributed by atoms with Crippen LogP contribution in [0, 0.1) is 5.82 Å². The molecule has 9 nitrogen and oxygen atoms in total. The first-order chi connectivity index (χ1) is 15.8. The molecule has 0 aliphatic carbocycles. The summed E-state index contributed by atoms with van der Waals surface area (Å²) in [5, 5.41) is 6.67. The van der Waals surface area contributed by atoms with Gasteiger partial charge in [0.25, 0.3) is 0 Å². The van der Waals surface area contributed by atoms with E-state index in [0.29, 0.717) is 40.3 Å². The third-order valence-electron chi connectivity index (χ3n) is 5.11. The number of pyridine rings is 1. The van der Waals surface area contributed by atoms with E-state index in [-0.39, 0.29) is 11.9 Å². The number of carbonyl (C=O) groups excluding carboxylic acids is 1. The van der Waals surface area contributed by atoms with Crippen molar-refractivity contribution in [1.82, 2.24) is 24.6 Å². The number of fused-ring (bicyclic) bond motifs is 2. The quantitative estimate of drug-likeness (QED) is 0.459. The minimum atomic E-state index is -0.541. The molecule has 1 fully saturated rings. The molecule has 0 unspecified atom stereocenters. The normalized spacial score (nSPS) is 14.4. The largest absolute Gasteiger partial charge is 0.444 e. The maximum absolute atomic E-state index is 14.9. The van der Waals surface area contributed by atoms with E-state index < -0.39 is 11.7 Å². The number of nitrogens with one attached hydrogen (secondary N) is 2. The van der Waals surface area contributed by atoms with Crippen molar-refractivity contribution in [2.45, 2.75) is 32.4 Å². The van der Waals surface area contributed by atoms with Gasteiger partial charge in [0.15, 0.2) is 11.6 Å². The van der Waals surface area contributed by atoms with E-state index in [4.69, 9.17) is 9.72 Å². The molecule has 33 heavy (non-hydrogen) atoms. The molecule has 1 aliphatic rings. The fourth-order valence-corrected chi connectivity index (χ4v) is 4.24. The second kappa shape index (κ2) is 8.07. The van der Waals surface area contributed by atoms with Gasteiger partial charge in [-0.15, -0.1) is 0 Å². The van der Waals surface area contributed by atoms with Crippen LogP contribution in [0.4, 0.5) is 26.5 Å². The predicted molar refractivity (Wildman–Crippen MR) is 126 cm³/mol. The predicted octanol–water partition coefficient (Wildman–Crippen LogP) is 4.23. The molecule has 4 aromatic rings. The Kier molecular flexibility index (Phi) is 5.20. The fourth-order valence-electron chi connectivity index (χ4n) is 3.55. The molecule has 0 radical (unpaired) electrons. The van der Waals surface area contributed by atoms with Crippen LogP contribution in [-0.2, 0) is 4.74 Å². The number of aromatic nitrogens is 4. The molecule has 2 N–H and O–H groups in total. The number of alkyl carbamates (subject to hydrolysis) is 1. The third kappa shape index (κ3) is 4.36. The summed E-state index contributed by atoms with van der Waals surface area (Å²) in [7, 11) is 0. The molecule has 0 bridgehead atoms. The molecular weight excluding hydrogens is 445 g/mol. The van der Waals surface area contributed by atoms with Crippen LogP contribution in [0.2, 0.25) is 0 Å². The number of nitrogens with zero attached hydrogens (tertiary/aromatic N) is 5. The molecule has 4 heterocycles. The van der Waals surface area contributed by atoms with Gasteiger partial charge >= 0.3 is 6.09 Å². The number of carbonyl (C=O) groups is 1. The van der Waals surface area contributed by atoms with Crippen LogP contribution in [0.1, 0.15) is 20.8 Å². The molecule has 1 amide bonds. The van der Waals surface area contributed by atoms with Gasteiger partial charge in [0.1, 0.15) is 23.3 Å². The van der Waals surface area contributed by atoms with Crippen molar-refractivity contribution in [3.63, 3.8) is 0 Å². The van der Waals surface area contributed by atoms with E-state index in [2.05, 4.69) is 25.0 Å². The Bertz CT molecular complexity index is 1350. The van der Waals surface area contributed by atoms with Crippen molar-refractivity contribution < 1.29 is 13.9 Å². The molecule has 0 spiro atoms. The number of amides is 1. The van der Waals surface area contributed by atoms with E-state index in [9.17, 15) is 9.18 Å². The van der Waals surface area contributed by atoms with Crippen molar-refractivity contribution in [2.75, 3.05) is 23.3 Å². The smallest absolute Gasteiger partial charge is 0.407 e. The summed E-state index contributed by atoms with van der Waals surface area (Å²) in [5.41, 5.74) is 0.923. The average molecular weight is 468 g/mol. The van der Waals surface area contributed by atoms with Crippen LogP contribution in [0.3, 0.4) is 0 Å². The molecule has 170 valence electrons. The zero-order valence-corrected chi connectivity index (χ0v) is 19.1. The zero-order chi connectivity index (χ0) is 23.2. The second-order valence-electron chi connectivity index (χ2n) is 8.80. The minimum Gasteiger partial charge on any atom is -0.444 e. The topological polar surface area (TPSA) is 105 Å². The Balaban J connectivity index is 1.34. The van der Waals surface area contributed by atoms with E-state index in [1.54, 1.807) is 12.3 Å². The number of hydrogen-bond donors (Lipinski definition) is 2. The lowest BCUT2D eigenvalue weighted by Crippen LogP contribution is -2.60. The monoisotopic (exact) mass is 467 g/mol. The molecule has 1 aliphatic heterocycles. The second-order valence-corrected chi connectivity index (χ2v) is 9.61. The summed E-state index contributed by atoms with van der Waals surface area (Å²) in [5.74, 6) is 0.756. The van der Waals surface area contributed by atoms with Gasteiger partial charge in [-0.25, -0.2) is 24.1 Å². The number of benzene rings is 1. The Morgan fingerprint density at radius 1 is 1.21 bits per heavy atom. The highest BCUT2D eigenvalue weighted by Gasteiger charge is 2.31. The summed E-state index contributed by atoms with van der Waals surface area (Å²) in [6, 6.07) is 7.16. The molecule has 11 heteroatoms. The fraction of sp³-hybridized carbons (Fsp3) is 0.318. The first-order valence-corrected chi connectivity index (χ1v) is 11.2. The van der Waals surface area contributed by atoms with E-state index in [1.807, 2.05) is 43.9 Å². The van der Waals surface area contributed by atoms with Crippen LogP contribution in [0.5, 0.6) is 0 Å². The molecule has 0 saturated carbocycles. The summed E-state index contributed by atoms with van der Waals surface area (Å²) in [6.45, 7) is 6.69. The average Bonchev–Trinajstić information content (AvgIpc) is 3.21. The van der Waals surface area contributed by atoms with Gasteiger partial charge in [-0.1, -0.05) is 0 Å². The summed E-state index contributed by atoms with van der Waals surface area (Å²) in [4.78, 5) is 27.3. The summed E-state index contributed by atoms with van der Waals surface area (Å²) < 4.78 is 24.7.